The van der Waals surface area contributed by atoms with Crippen LogP contribution in [0.4, 0.5) is 17.6 Å². The quantitative estimate of drug-likeness (QED) is 0.403. The predicted octanol–water partition coefficient (Wildman–Crippen LogP) is 8.47. The van der Waals surface area contributed by atoms with E-state index in [1.165, 1.54) is 63.5 Å². The molecule has 0 saturated heterocycles. The van der Waals surface area contributed by atoms with Crippen LogP contribution in [0.1, 0.15) is 95.5 Å². The van der Waals surface area contributed by atoms with Gasteiger partial charge in [-0.3, -0.25) is 0 Å². The Morgan fingerprint density at radius 1 is 0.806 bits per heavy atom. The minimum atomic E-state index is -3.23. The number of benzene rings is 1. The number of rotatable bonds is 6. The minimum Gasteiger partial charge on any atom is -0.429 e. The first kappa shape index (κ1) is 22.9. The number of halogens is 4. The Morgan fingerprint density at radius 2 is 1.35 bits per heavy atom. The van der Waals surface area contributed by atoms with Crippen LogP contribution in [0.3, 0.4) is 0 Å². The molecule has 4 rings (SSSR count). The second kappa shape index (κ2) is 10.1. The van der Waals surface area contributed by atoms with Crippen molar-refractivity contribution >= 4 is 0 Å². The van der Waals surface area contributed by atoms with E-state index in [0.29, 0.717) is 5.56 Å². The highest BCUT2D eigenvalue weighted by molar-refractivity contribution is 5.33. The lowest BCUT2D eigenvalue weighted by Gasteiger charge is -2.45. The summed E-state index contributed by atoms with van der Waals surface area (Å²) in [6.45, 7) is -0.935. The molecule has 0 N–H and O–H groups in total. The van der Waals surface area contributed by atoms with E-state index in [4.69, 9.17) is 0 Å². The Morgan fingerprint density at radius 3 is 1.97 bits per heavy atom. The van der Waals surface area contributed by atoms with Gasteiger partial charge in [0.1, 0.15) is 0 Å². The van der Waals surface area contributed by atoms with E-state index < -0.39 is 24.0 Å². The van der Waals surface area contributed by atoms with Crippen LogP contribution in [0.15, 0.2) is 12.1 Å². The van der Waals surface area contributed by atoms with Crippen LogP contribution in [-0.2, 0) is 0 Å². The zero-order valence-electron chi connectivity index (χ0n) is 18.6. The average molecular weight is 441 g/mol. The fraction of sp³-hybridized carbons (Fsp3) is 0.769. The molecule has 0 spiro atoms. The molecule has 1 nitrogen and oxygen atoms in total. The molecule has 1 aromatic rings. The van der Waals surface area contributed by atoms with Gasteiger partial charge in [0.2, 0.25) is 0 Å². The van der Waals surface area contributed by atoms with E-state index in [2.05, 4.69) is 11.7 Å². The van der Waals surface area contributed by atoms with Crippen molar-refractivity contribution in [1.82, 2.24) is 0 Å². The van der Waals surface area contributed by atoms with Gasteiger partial charge in [-0.25, -0.2) is 8.78 Å². The van der Waals surface area contributed by atoms with Crippen molar-refractivity contribution in [3.05, 3.63) is 29.3 Å². The standard InChI is InChI=1S/C26H36F4O/c1-2-3-16-4-5-21-13-20(11-10-19(21)12-16)17-6-8-18(9-7-17)22-14-23(27)25(24(28)15-22)31-26(29)30/h14-21,26H,2-13H2,1H3. The summed E-state index contributed by atoms with van der Waals surface area (Å²) >= 11 is 0. The van der Waals surface area contributed by atoms with Crippen LogP contribution >= 0.6 is 0 Å². The topological polar surface area (TPSA) is 9.23 Å². The largest absolute Gasteiger partial charge is 0.429 e. The Balaban J connectivity index is 1.30. The molecule has 0 radical (unpaired) electrons. The molecule has 174 valence electrons. The van der Waals surface area contributed by atoms with E-state index in [1.54, 1.807) is 0 Å². The van der Waals surface area contributed by atoms with Crippen LogP contribution in [0.25, 0.3) is 0 Å². The molecule has 3 aliphatic carbocycles. The molecule has 3 saturated carbocycles. The van der Waals surface area contributed by atoms with Gasteiger partial charge in [0.25, 0.3) is 0 Å². The third-order valence-electron chi connectivity index (χ3n) is 8.60. The summed E-state index contributed by atoms with van der Waals surface area (Å²) in [5.41, 5.74) is 0.577. The highest BCUT2D eigenvalue weighted by atomic mass is 19.3. The molecular formula is C26H36F4O. The summed E-state index contributed by atoms with van der Waals surface area (Å²) in [7, 11) is 0. The molecule has 0 aromatic heterocycles. The van der Waals surface area contributed by atoms with E-state index in [-0.39, 0.29) is 5.92 Å². The van der Waals surface area contributed by atoms with Crippen LogP contribution in [0, 0.1) is 41.2 Å². The number of ether oxygens (including phenoxy) is 1. The Kier molecular flexibility index (Phi) is 7.48. The smallest absolute Gasteiger partial charge is 0.387 e. The van der Waals surface area contributed by atoms with Crippen LogP contribution < -0.4 is 4.74 Å². The molecular weight excluding hydrogens is 404 g/mol. The molecule has 3 aliphatic rings. The van der Waals surface area contributed by atoms with Gasteiger partial charge in [-0.2, -0.15) is 8.78 Å². The van der Waals surface area contributed by atoms with Crippen molar-refractivity contribution in [2.24, 2.45) is 29.6 Å². The summed E-state index contributed by atoms with van der Waals surface area (Å²) < 4.78 is 57.0. The highest BCUT2D eigenvalue weighted by Crippen LogP contribution is 2.50. The zero-order valence-corrected chi connectivity index (χ0v) is 18.6. The van der Waals surface area contributed by atoms with Crippen LogP contribution in [-0.4, -0.2) is 6.61 Å². The van der Waals surface area contributed by atoms with Gasteiger partial charge in [-0.15, -0.1) is 0 Å². The van der Waals surface area contributed by atoms with E-state index in [1.807, 2.05) is 0 Å². The van der Waals surface area contributed by atoms with E-state index in [0.717, 1.165) is 55.3 Å². The summed E-state index contributed by atoms with van der Waals surface area (Å²) in [6.07, 6.45) is 15.1. The van der Waals surface area contributed by atoms with Crippen molar-refractivity contribution in [3.63, 3.8) is 0 Å². The molecule has 0 bridgehead atoms. The summed E-state index contributed by atoms with van der Waals surface area (Å²) in [4.78, 5) is 0. The van der Waals surface area contributed by atoms with Crippen LogP contribution in [0.5, 0.6) is 5.75 Å². The van der Waals surface area contributed by atoms with Gasteiger partial charge in [-0.1, -0.05) is 26.2 Å². The fourth-order valence-corrected chi connectivity index (χ4v) is 7.06. The van der Waals surface area contributed by atoms with Gasteiger partial charge >= 0.3 is 6.61 Å². The second-order valence-electron chi connectivity index (χ2n) is 10.4. The second-order valence-corrected chi connectivity index (χ2v) is 10.4. The van der Waals surface area contributed by atoms with Crippen molar-refractivity contribution in [2.75, 3.05) is 0 Å². The molecule has 0 heterocycles. The zero-order chi connectivity index (χ0) is 22.0. The number of alkyl halides is 2. The maximum atomic E-state index is 14.1. The normalized spacial score (nSPS) is 33.9. The summed E-state index contributed by atoms with van der Waals surface area (Å²) in [5, 5.41) is 0. The SMILES string of the molecule is CCCC1CCC2CC(C3CCC(c4cc(F)c(OC(F)F)c(F)c4)CC3)CCC2C1. The van der Waals surface area contributed by atoms with Gasteiger partial charge in [0.05, 0.1) is 0 Å². The molecule has 0 aliphatic heterocycles. The molecule has 1 aromatic carbocycles. The van der Waals surface area contributed by atoms with Gasteiger partial charge in [-0.05, 0) is 111 Å². The minimum absolute atomic E-state index is 0.0988. The first-order chi connectivity index (χ1) is 14.9. The van der Waals surface area contributed by atoms with Crippen molar-refractivity contribution in [2.45, 2.75) is 96.5 Å². The molecule has 3 fully saturated rings. The molecule has 4 atom stereocenters. The Bertz CT molecular complexity index is 705. The monoisotopic (exact) mass is 440 g/mol. The number of hydrogen-bond acceptors (Lipinski definition) is 1. The predicted molar refractivity (Wildman–Crippen MR) is 114 cm³/mol. The first-order valence-electron chi connectivity index (χ1n) is 12.4. The molecule has 5 heteroatoms. The third kappa shape index (κ3) is 5.39. The van der Waals surface area contributed by atoms with Crippen molar-refractivity contribution in [1.29, 1.82) is 0 Å². The number of fused-ring (bicyclic) bond motifs is 1. The summed E-state index contributed by atoms with van der Waals surface area (Å²) in [6, 6.07) is 2.37. The molecule has 31 heavy (non-hydrogen) atoms. The van der Waals surface area contributed by atoms with Crippen molar-refractivity contribution < 1.29 is 22.3 Å². The first-order valence-corrected chi connectivity index (χ1v) is 12.4. The average Bonchev–Trinajstić information content (AvgIpc) is 2.76. The lowest BCUT2D eigenvalue weighted by atomic mass is 9.60. The molecule has 0 amide bonds. The van der Waals surface area contributed by atoms with Crippen molar-refractivity contribution in [3.8, 4) is 5.75 Å². The molecule has 4 unspecified atom stereocenters. The lowest BCUT2D eigenvalue weighted by Crippen LogP contribution is -2.34. The fourth-order valence-electron chi connectivity index (χ4n) is 7.06. The van der Waals surface area contributed by atoms with Gasteiger partial charge in [0.15, 0.2) is 17.4 Å². The number of hydrogen-bond donors (Lipinski definition) is 0. The Hall–Kier alpha value is -1.26. The van der Waals surface area contributed by atoms with Gasteiger partial charge in [0, 0.05) is 0 Å². The van der Waals surface area contributed by atoms with Gasteiger partial charge < -0.3 is 4.74 Å². The van der Waals surface area contributed by atoms with E-state index in [9.17, 15) is 17.6 Å². The Labute approximate surface area is 183 Å². The summed E-state index contributed by atoms with van der Waals surface area (Å²) in [5.74, 6) is 1.40. The third-order valence-corrected chi connectivity index (χ3v) is 8.60. The lowest BCUT2D eigenvalue weighted by molar-refractivity contribution is -0.0546. The van der Waals surface area contributed by atoms with E-state index >= 15 is 0 Å². The van der Waals surface area contributed by atoms with Crippen LogP contribution in [0.2, 0.25) is 0 Å². The maximum Gasteiger partial charge on any atom is 0.387 e. The maximum absolute atomic E-state index is 14.1. The highest BCUT2D eigenvalue weighted by Gasteiger charge is 2.38.